The zero-order valence-electron chi connectivity index (χ0n) is 10.3. The Morgan fingerprint density at radius 2 is 2.07 bits per heavy atom. The fourth-order valence-corrected chi connectivity index (χ4v) is 1.27. The van der Waals surface area contributed by atoms with Gasteiger partial charge in [-0.3, -0.25) is 4.90 Å². The molecule has 0 aliphatic rings. The first-order chi connectivity index (χ1) is 6.93. The zero-order chi connectivity index (χ0) is 11.9. The number of nitrogens with zero attached hydrogens (tertiary/aromatic N) is 2. The van der Waals surface area contributed by atoms with Crippen LogP contribution in [0.2, 0.25) is 0 Å². The van der Waals surface area contributed by atoms with Gasteiger partial charge in [-0.2, -0.15) is 5.26 Å². The predicted molar refractivity (Wildman–Crippen MR) is 61.4 cm³/mol. The summed E-state index contributed by atoms with van der Waals surface area (Å²) in [5, 5.41) is 8.80. The molecular weight excluding hydrogens is 190 g/mol. The molecule has 0 spiro atoms. The van der Waals surface area contributed by atoms with Crippen LogP contribution in [0.4, 0.5) is 0 Å². The quantitative estimate of drug-likeness (QED) is 0.684. The lowest BCUT2D eigenvalue weighted by atomic mass is 10.0. The van der Waals surface area contributed by atoms with Gasteiger partial charge in [0, 0.05) is 26.2 Å². The highest BCUT2D eigenvalue weighted by molar-refractivity contribution is 5.01. The number of hydrogen-bond donors (Lipinski definition) is 1. The summed E-state index contributed by atoms with van der Waals surface area (Å²) < 4.78 is 5.04. The summed E-state index contributed by atoms with van der Waals surface area (Å²) in [6.07, 6.45) is 0.686. The maximum atomic E-state index is 8.80. The zero-order valence-corrected chi connectivity index (χ0v) is 10.3. The highest BCUT2D eigenvalue weighted by atomic mass is 16.5. The van der Waals surface area contributed by atoms with Gasteiger partial charge in [-0.25, -0.2) is 0 Å². The van der Waals surface area contributed by atoms with Gasteiger partial charge >= 0.3 is 0 Å². The van der Waals surface area contributed by atoms with Crippen LogP contribution in [-0.2, 0) is 4.74 Å². The van der Waals surface area contributed by atoms with E-state index in [0.717, 1.165) is 13.1 Å². The molecule has 0 aromatic carbocycles. The van der Waals surface area contributed by atoms with Gasteiger partial charge in [-0.15, -0.1) is 0 Å². The third kappa shape index (κ3) is 6.45. The van der Waals surface area contributed by atoms with E-state index < -0.39 is 5.54 Å². The smallest absolute Gasteiger partial charge is 0.102 e. The number of nitrogens with two attached hydrogens (primary N) is 1. The highest BCUT2D eigenvalue weighted by Crippen LogP contribution is 2.07. The van der Waals surface area contributed by atoms with Crippen molar-refractivity contribution in [2.24, 2.45) is 5.73 Å². The summed E-state index contributed by atoms with van der Waals surface area (Å²) in [6.45, 7) is 8.47. The van der Waals surface area contributed by atoms with Crippen molar-refractivity contribution >= 4 is 0 Å². The molecular formula is C11H23N3O. The van der Waals surface area contributed by atoms with Crippen molar-refractivity contribution in [2.45, 2.75) is 38.8 Å². The van der Waals surface area contributed by atoms with Crippen molar-refractivity contribution in [1.29, 1.82) is 5.26 Å². The average molecular weight is 213 g/mol. The lowest BCUT2D eigenvalue weighted by Crippen LogP contribution is -2.42. The van der Waals surface area contributed by atoms with E-state index in [1.807, 2.05) is 0 Å². The van der Waals surface area contributed by atoms with Crippen molar-refractivity contribution in [2.75, 3.05) is 26.8 Å². The van der Waals surface area contributed by atoms with Crippen LogP contribution in [0.15, 0.2) is 0 Å². The molecule has 0 amide bonds. The van der Waals surface area contributed by atoms with Gasteiger partial charge in [-0.05, 0) is 27.2 Å². The second kappa shape index (κ2) is 6.78. The second-order valence-corrected chi connectivity index (χ2v) is 4.40. The van der Waals surface area contributed by atoms with Gasteiger partial charge in [0.05, 0.1) is 12.7 Å². The molecule has 0 saturated heterocycles. The Bertz CT molecular complexity index is 208. The Balaban J connectivity index is 4.02. The molecule has 15 heavy (non-hydrogen) atoms. The maximum Gasteiger partial charge on any atom is 0.102 e. The Morgan fingerprint density at radius 1 is 1.47 bits per heavy atom. The molecule has 0 fully saturated rings. The monoisotopic (exact) mass is 213 g/mol. The van der Waals surface area contributed by atoms with Gasteiger partial charge in [0.25, 0.3) is 0 Å². The van der Waals surface area contributed by atoms with E-state index in [2.05, 4.69) is 24.8 Å². The first-order valence-electron chi connectivity index (χ1n) is 5.36. The van der Waals surface area contributed by atoms with Crippen LogP contribution >= 0.6 is 0 Å². The minimum absolute atomic E-state index is 0.453. The number of ether oxygens (including phenoxy) is 1. The van der Waals surface area contributed by atoms with Gasteiger partial charge in [0.2, 0.25) is 0 Å². The van der Waals surface area contributed by atoms with Crippen LogP contribution in [0.3, 0.4) is 0 Å². The second-order valence-electron chi connectivity index (χ2n) is 4.40. The standard InChI is InChI=1S/C11H23N3O/c1-10(2)14(7-8-15-4)6-5-11(3,13)9-12/h10H,5-8,13H2,1-4H3. The molecule has 4 nitrogen and oxygen atoms in total. The van der Waals surface area contributed by atoms with Crippen molar-refractivity contribution in [3.63, 3.8) is 0 Å². The van der Waals surface area contributed by atoms with Crippen molar-refractivity contribution in [3.05, 3.63) is 0 Å². The van der Waals surface area contributed by atoms with Crippen LogP contribution in [0.25, 0.3) is 0 Å². The third-order valence-corrected chi connectivity index (χ3v) is 2.49. The molecule has 1 unspecified atom stereocenters. The first kappa shape index (κ1) is 14.4. The topological polar surface area (TPSA) is 62.3 Å². The predicted octanol–water partition coefficient (Wildman–Crippen LogP) is 0.974. The molecule has 0 radical (unpaired) electrons. The van der Waals surface area contributed by atoms with Crippen LogP contribution in [0, 0.1) is 11.3 Å². The van der Waals surface area contributed by atoms with E-state index >= 15 is 0 Å². The SMILES string of the molecule is COCCN(CCC(C)(N)C#N)C(C)C. The Morgan fingerprint density at radius 3 is 2.47 bits per heavy atom. The molecule has 2 N–H and O–H groups in total. The fraction of sp³-hybridized carbons (Fsp3) is 0.909. The number of hydrogen-bond acceptors (Lipinski definition) is 4. The average Bonchev–Trinajstić information content (AvgIpc) is 2.17. The van der Waals surface area contributed by atoms with Gasteiger partial charge in [0.1, 0.15) is 5.54 Å². The lowest BCUT2D eigenvalue weighted by Gasteiger charge is -2.28. The van der Waals surface area contributed by atoms with Gasteiger partial charge < -0.3 is 10.5 Å². The van der Waals surface area contributed by atoms with Crippen LogP contribution in [0.1, 0.15) is 27.2 Å². The molecule has 0 saturated carbocycles. The highest BCUT2D eigenvalue weighted by Gasteiger charge is 2.19. The molecule has 0 aliphatic carbocycles. The number of nitriles is 1. The summed E-state index contributed by atoms with van der Waals surface area (Å²) in [4.78, 5) is 2.27. The van der Waals surface area contributed by atoms with E-state index in [-0.39, 0.29) is 0 Å². The van der Waals surface area contributed by atoms with E-state index in [1.54, 1.807) is 14.0 Å². The number of rotatable bonds is 7. The molecule has 1 atom stereocenters. The summed E-state index contributed by atoms with van der Waals surface area (Å²) in [5.41, 5.74) is 5.05. The van der Waals surface area contributed by atoms with Crippen LogP contribution in [-0.4, -0.2) is 43.3 Å². The molecule has 0 aromatic rings. The largest absolute Gasteiger partial charge is 0.383 e. The molecule has 0 aliphatic heterocycles. The van der Waals surface area contributed by atoms with Crippen molar-refractivity contribution in [3.8, 4) is 6.07 Å². The Hall–Kier alpha value is -0.630. The summed E-state index contributed by atoms with van der Waals surface area (Å²) in [5.74, 6) is 0. The maximum absolute atomic E-state index is 8.80. The Kier molecular flexibility index (Phi) is 6.50. The molecule has 0 bridgehead atoms. The van der Waals surface area contributed by atoms with E-state index in [4.69, 9.17) is 15.7 Å². The minimum atomic E-state index is -0.722. The Labute approximate surface area is 93.0 Å². The normalized spacial score (nSPS) is 15.3. The van der Waals surface area contributed by atoms with Crippen molar-refractivity contribution in [1.82, 2.24) is 4.90 Å². The van der Waals surface area contributed by atoms with E-state index in [0.29, 0.717) is 19.1 Å². The minimum Gasteiger partial charge on any atom is -0.383 e. The fourth-order valence-electron chi connectivity index (χ4n) is 1.27. The molecule has 0 aromatic heterocycles. The van der Waals surface area contributed by atoms with Crippen LogP contribution < -0.4 is 5.73 Å². The van der Waals surface area contributed by atoms with Gasteiger partial charge in [-0.1, -0.05) is 0 Å². The molecule has 88 valence electrons. The first-order valence-corrected chi connectivity index (χ1v) is 5.36. The third-order valence-electron chi connectivity index (χ3n) is 2.49. The van der Waals surface area contributed by atoms with Crippen molar-refractivity contribution < 1.29 is 4.74 Å². The lowest BCUT2D eigenvalue weighted by molar-refractivity contribution is 0.125. The molecule has 0 heterocycles. The van der Waals surface area contributed by atoms with Crippen LogP contribution in [0.5, 0.6) is 0 Å². The van der Waals surface area contributed by atoms with E-state index in [1.165, 1.54) is 0 Å². The van der Waals surface area contributed by atoms with Gasteiger partial charge in [0.15, 0.2) is 0 Å². The molecule has 4 heteroatoms. The van der Waals surface area contributed by atoms with E-state index in [9.17, 15) is 0 Å². The summed E-state index contributed by atoms with van der Waals surface area (Å²) in [7, 11) is 1.70. The molecule has 0 rings (SSSR count). The number of methoxy groups -OCH3 is 1. The summed E-state index contributed by atoms with van der Waals surface area (Å²) >= 11 is 0. The summed E-state index contributed by atoms with van der Waals surface area (Å²) in [6, 6.07) is 2.56.